The highest BCUT2D eigenvalue weighted by molar-refractivity contribution is 5.15. The van der Waals surface area contributed by atoms with E-state index in [1.807, 2.05) is 0 Å². The maximum atomic E-state index is 5.78. The smallest absolute Gasteiger partial charge is 0.197 e. The first kappa shape index (κ1) is 8.79. The Kier molecular flexibility index (Phi) is 2.14. The quantitative estimate of drug-likeness (QED) is 0.711. The van der Waals surface area contributed by atoms with E-state index in [0.29, 0.717) is 11.8 Å². The van der Waals surface area contributed by atoms with Crippen LogP contribution in [0.4, 0.5) is 0 Å². The number of rotatable bonds is 3. The van der Waals surface area contributed by atoms with Gasteiger partial charge in [-0.1, -0.05) is 13.8 Å². The zero-order chi connectivity index (χ0) is 9.42. The van der Waals surface area contributed by atoms with Crippen molar-refractivity contribution < 1.29 is 4.42 Å². The molecule has 0 N–H and O–H groups in total. The van der Waals surface area contributed by atoms with Gasteiger partial charge in [0.1, 0.15) is 5.76 Å². The van der Waals surface area contributed by atoms with Crippen LogP contribution in [0.3, 0.4) is 0 Å². The molecule has 1 aliphatic carbocycles. The summed E-state index contributed by atoms with van der Waals surface area (Å²) in [6.45, 7) is 6.44. The van der Waals surface area contributed by atoms with Crippen LogP contribution in [-0.2, 0) is 0 Å². The molecule has 1 saturated carbocycles. The highest BCUT2D eigenvalue weighted by atomic mass is 16.4. The van der Waals surface area contributed by atoms with E-state index in [9.17, 15) is 0 Å². The predicted octanol–water partition coefficient (Wildman–Crippen LogP) is 3.37. The van der Waals surface area contributed by atoms with E-state index in [4.69, 9.17) is 4.42 Å². The molecule has 0 bridgehead atoms. The summed E-state index contributed by atoms with van der Waals surface area (Å²) in [5, 5.41) is 0. The maximum Gasteiger partial charge on any atom is 0.197 e. The first-order valence-corrected chi connectivity index (χ1v) is 5.19. The molecule has 0 radical (unpaired) electrons. The van der Waals surface area contributed by atoms with Crippen molar-refractivity contribution in [1.82, 2.24) is 4.98 Å². The Morgan fingerprint density at radius 1 is 1.54 bits per heavy atom. The minimum absolute atomic E-state index is 0.514. The third kappa shape index (κ3) is 1.62. The summed E-state index contributed by atoms with van der Waals surface area (Å²) in [5.74, 6) is 3.23. The zero-order valence-electron chi connectivity index (χ0n) is 8.63. The van der Waals surface area contributed by atoms with E-state index in [-0.39, 0.29) is 0 Å². The van der Waals surface area contributed by atoms with Crippen molar-refractivity contribution in [2.45, 2.75) is 51.9 Å². The van der Waals surface area contributed by atoms with Crippen LogP contribution in [0.25, 0.3) is 0 Å². The van der Waals surface area contributed by atoms with Gasteiger partial charge >= 0.3 is 0 Å². The van der Waals surface area contributed by atoms with Gasteiger partial charge in [-0.2, -0.15) is 0 Å². The molecule has 2 heteroatoms. The summed E-state index contributed by atoms with van der Waals surface area (Å²) >= 11 is 0. The molecule has 0 amide bonds. The lowest BCUT2D eigenvalue weighted by Crippen LogP contribution is -1.90. The molecule has 1 aliphatic rings. The fourth-order valence-electron chi connectivity index (χ4n) is 1.58. The second-order valence-electron chi connectivity index (χ2n) is 4.09. The van der Waals surface area contributed by atoms with E-state index >= 15 is 0 Å². The fourth-order valence-corrected chi connectivity index (χ4v) is 1.58. The van der Waals surface area contributed by atoms with Crippen molar-refractivity contribution in [2.24, 2.45) is 0 Å². The largest absolute Gasteiger partial charge is 0.445 e. The van der Waals surface area contributed by atoms with Crippen LogP contribution < -0.4 is 0 Å². The van der Waals surface area contributed by atoms with Crippen LogP contribution in [0.2, 0.25) is 0 Å². The van der Waals surface area contributed by atoms with Crippen molar-refractivity contribution >= 4 is 0 Å². The summed E-state index contributed by atoms with van der Waals surface area (Å²) < 4.78 is 5.78. The molecule has 1 atom stereocenters. The molecule has 72 valence electrons. The number of hydrogen-bond donors (Lipinski definition) is 0. The van der Waals surface area contributed by atoms with Crippen LogP contribution in [0.15, 0.2) is 4.42 Å². The average molecular weight is 179 g/mol. The second kappa shape index (κ2) is 3.17. The first-order valence-electron chi connectivity index (χ1n) is 5.19. The lowest BCUT2D eigenvalue weighted by atomic mass is 10.1. The number of nitrogens with zero attached hydrogens (tertiary/aromatic N) is 1. The van der Waals surface area contributed by atoms with Gasteiger partial charge in [-0.15, -0.1) is 0 Å². The molecular formula is C11H17NO. The van der Waals surface area contributed by atoms with Gasteiger partial charge in [0, 0.05) is 11.8 Å². The van der Waals surface area contributed by atoms with E-state index in [1.54, 1.807) is 0 Å². The molecule has 0 aliphatic heterocycles. The number of aryl methyl sites for hydroxylation is 1. The summed E-state index contributed by atoms with van der Waals surface area (Å²) in [6.07, 6.45) is 3.65. The Labute approximate surface area is 79.4 Å². The Bertz CT molecular complexity index is 299. The molecule has 13 heavy (non-hydrogen) atoms. The van der Waals surface area contributed by atoms with Gasteiger partial charge in [-0.3, -0.25) is 0 Å². The van der Waals surface area contributed by atoms with Crippen molar-refractivity contribution in [3.05, 3.63) is 17.3 Å². The van der Waals surface area contributed by atoms with Gasteiger partial charge < -0.3 is 4.42 Å². The van der Waals surface area contributed by atoms with Crippen LogP contribution >= 0.6 is 0 Å². The molecule has 2 nitrogen and oxygen atoms in total. The normalized spacial score (nSPS) is 19.0. The highest BCUT2D eigenvalue weighted by Crippen LogP contribution is 2.41. The monoisotopic (exact) mass is 179 g/mol. The van der Waals surface area contributed by atoms with Gasteiger partial charge in [0.05, 0.1) is 5.69 Å². The topological polar surface area (TPSA) is 26.0 Å². The first-order chi connectivity index (χ1) is 6.22. The zero-order valence-corrected chi connectivity index (χ0v) is 8.63. The Hall–Kier alpha value is -0.790. The van der Waals surface area contributed by atoms with Crippen molar-refractivity contribution in [1.29, 1.82) is 0 Å². The molecule has 0 spiro atoms. The molecule has 1 unspecified atom stereocenters. The molecule has 0 aromatic carbocycles. The van der Waals surface area contributed by atoms with E-state index in [0.717, 1.165) is 23.8 Å². The van der Waals surface area contributed by atoms with Crippen molar-refractivity contribution in [2.75, 3.05) is 0 Å². The third-order valence-electron chi connectivity index (χ3n) is 2.84. The average Bonchev–Trinajstić information content (AvgIpc) is 2.89. The SMILES string of the molecule is CCC(C)c1oc(C2CC2)nc1C. The van der Waals surface area contributed by atoms with Gasteiger partial charge in [-0.05, 0) is 26.2 Å². The number of oxazole rings is 1. The van der Waals surface area contributed by atoms with E-state index in [2.05, 4.69) is 25.8 Å². The predicted molar refractivity (Wildman–Crippen MR) is 51.9 cm³/mol. The van der Waals surface area contributed by atoms with Crippen LogP contribution in [-0.4, -0.2) is 4.98 Å². The molecule has 1 heterocycles. The van der Waals surface area contributed by atoms with Gasteiger partial charge in [0.2, 0.25) is 0 Å². The number of aromatic nitrogens is 1. The van der Waals surface area contributed by atoms with Crippen LogP contribution in [0.5, 0.6) is 0 Å². The molecule has 1 aromatic heterocycles. The van der Waals surface area contributed by atoms with Gasteiger partial charge in [0.15, 0.2) is 5.89 Å². The molecule has 1 fully saturated rings. The number of hydrogen-bond acceptors (Lipinski definition) is 2. The Morgan fingerprint density at radius 3 is 2.77 bits per heavy atom. The minimum atomic E-state index is 0.514. The molecule has 2 rings (SSSR count). The third-order valence-corrected chi connectivity index (χ3v) is 2.84. The maximum absolute atomic E-state index is 5.78. The second-order valence-corrected chi connectivity index (χ2v) is 4.09. The Morgan fingerprint density at radius 2 is 2.23 bits per heavy atom. The molecule has 0 saturated heterocycles. The fraction of sp³-hybridized carbons (Fsp3) is 0.727. The summed E-state index contributed by atoms with van der Waals surface area (Å²) in [7, 11) is 0. The Balaban J connectivity index is 2.24. The van der Waals surface area contributed by atoms with Gasteiger partial charge in [-0.25, -0.2) is 4.98 Å². The standard InChI is InChI=1S/C11H17NO/c1-4-7(2)10-8(3)12-11(13-10)9-5-6-9/h7,9H,4-6H2,1-3H3. The van der Waals surface area contributed by atoms with Gasteiger partial charge in [0.25, 0.3) is 0 Å². The minimum Gasteiger partial charge on any atom is -0.445 e. The van der Waals surface area contributed by atoms with E-state index < -0.39 is 0 Å². The van der Waals surface area contributed by atoms with E-state index in [1.165, 1.54) is 12.8 Å². The lowest BCUT2D eigenvalue weighted by Gasteiger charge is -2.03. The van der Waals surface area contributed by atoms with Crippen molar-refractivity contribution in [3.63, 3.8) is 0 Å². The highest BCUT2D eigenvalue weighted by Gasteiger charge is 2.30. The summed E-state index contributed by atoms with van der Waals surface area (Å²) in [4.78, 5) is 4.47. The molecular weight excluding hydrogens is 162 g/mol. The van der Waals surface area contributed by atoms with Crippen molar-refractivity contribution in [3.8, 4) is 0 Å². The summed E-state index contributed by atoms with van der Waals surface area (Å²) in [5.41, 5.74) is 1.09. The van der Waals surface area contributed by atoms with Crippen LogP contribution in [0.1, 0.15) is 62.3 Å². The van der Waals surface area contributed by atoms with Crippen LogP contribution in [0, 0.1) is 6.92 Å². The molecule has 1 aromatic rings. The summed E-state index contributed by atoms with van der Waals surface area (Å²) in [6, 6.07) is 0. The lowest BCUT2D eigenvalue weighted by molar-refractivity contribution is 0.427.